The Hall–Kier alpha value is -1.10. The Kier molecular flexibility index (Phi) is 7.72. The first-order valence-corrected chi connectivity index (χ1v) is 7.99. The van der Waals surface area contributed by atoms with Gasteiger partial charge in [0.1, 0.15) is 0 Å². The van der Waals surface area contributed by atoms with Crippen molar-refractivity contribution >= 4 is 11.8 Å². The Morgan fingerprint density at radius 2 is 2.00 bits per heavy atom. The SMILES string of the molecule is CC(C)CCC[C@H]1CN(C(=O)CCC(=O)N(C)C)CCO1. The van der Waals surface area contributed by atoms with Gasteiger partial charge in [0, 0.05) is 40.0 Å². The van der Waals surface area contributed by atoms with Crippen LogP contribution in [-0.4, -0.2) is 61.5 Å². The molecular weight excluding hydrogens is 268 g/mol. The summed E-state index contributed by atoms with van der Waals surface area (Å²) in [6, 6.07) is 0. The fourth-order valence-corrected chi connectivity index (χ4v) is 2.47. The van der Waals surface area contributed by atoms with E-state index in [0.29, 0.717) is 38.5 Å². The lowest BCUT2D eigenvalue weighted by molar-refractivity contribution is -0.141. The van der Waals surface area contributed by atoms with Crippen molar-refractivity contribution in [2.75, 3.05) is 33.8 Å². The quantitative estimate of drug-likeness (QED) is 0.721. The maximum atomic E-state index is 12.2. The molecule has 0 N–H and O–H groups in total. The molecule has 1 aliphatic rings. The smallest absolute Gasteiger partial charge is 0.223 e. The maximum Gasteiger partial charge on any atom is 0.223 e. The monoisotopic (exact) mass is 298 g/mol. The van der Waals surface area contributed by atoms with Crippen molar-refractivity contribution in [1.82, 2.24) is 9.80 Å². The zero-order chi connectivity index (χ0) is 15.8. The van der Waals surface area contributed by atoms with Gasteiger partial charge < -0.3 is 14.5 Å². The van der Waals surface area contributed by atoms with Crippen LogP contribution in [0.25, 0.3) is 0 Å². The molecule has 0 bridgehead atoms. The van der Waals surface area contributed by atoms with Gasteiger partial charge in [0.2, 0.25) is 11.8 Å². The van der Waals surface area contributed by atoms with Crippen LogP contribution in [0.3, 0.4) is 0 Å². The Morgan fingerprint density at radius 1 is 1.29 bits per heavy atom. The van der Waals surface area contributed by atoms with Crippen molar-refractivity contribution in [3.8, 4) is 0 Å². The van der Waals surface area contributed by atoms with E-state index >= 15 is 0 Å². The number of morpholine rings is 1. The van der Waals surface area contributed by atoms with E-state index in [9.17, 15) is 9.59 Å². The standard InChI is InChI=1S/C16H30N2O3/c1-13(2)6-5-7-14-12-18(10-11-21-14)16(20)9-8-15(19)17(3)4/h13-14H,5-12H2,1-4H3/t14-/m0/s1. The minimum Gasteiger partial charge on any atom is -0.375 e. The zero-order valence-electron chi connectivity index (χ0n) is 13.9. The average molecular weight is 298 g/mol. The molecular formula is C16H30N2O3. The summed E-state index contributed by atoms with van der Waals surface area (Å²) in [6.45, 7) is 6.38. The van der Waals surface area contributed by atoms with E-state index < -0.39 is 0 Å². The molecule has 1 aliphatic heterocycles. The molecule has 0 aromatic heterocycles. The Morgan fingerprint density at radius 3 is 2.62 bits per heavy atom. The van der Waals surface area contributed by atoms with Crippen molar-refractivity contribution < 1.29 is 14.3 Å². The van der Waals surface area contributed by atoms with Crippen molar-refractivity contribution in [3.05, 3.63) is 0 Å². The summed E-state index contributed by atoms with van der Waals surface area (Å²) in [5, 5.41) is 0. The lowest BCUT2D eigenvalue weighted by atomic mass is 10.0. The molecule has 2 amide bonds. The molecule has 0 unspecified atom stereocenters. The van der Waals surface area contributed by atoms with Crippen LogP contribution in [0.5, 0.6) is 0 Å². The average Bonchev–Trinajstić information content (AvgIpc) is 2.44. The number of amides is 2. The van der Waals surface area contributed by atoms with Crippen molar-refractivity contribution in [2.45, 2.75) is 52.1 Å². The number of carbonyl (C=O) groups excluding carboxylic acids is 2. The first-order valence-electron chi connectivity index (χ1n) is 7.99. The molecule has 0 spiro atoms. The van der Waals surface area contributed by atoms with Gasteiger partial charge in [0.25, 0.3) is 0 Å². The third kappa shape index (κ3) is 6.93. The highest BCUT2D eigenvalue weighted by Crippen LogP contribution is 2.15. The minimum atomic E-state index is 0.00472. The molecule has 1 atom stereocenters. The van der Waals surface area contributed by atoms with Crippen molar-refractivity contribution in [3.63, 3.8) is 0 Å². The largest absolute Gasteiger partial charge is 0.375 e. The maximum absolute atomic E-state index is 12.2. The number of rotatable bonds is 7. The van der Waals surface area contributed by atoms with E-state index in [2.05, 4.69) is 13.8 Å². The van der Waals surface area contributed by atoms with Crippen LogP contribution >= 0.6 is 0 Å². The van der Waals surface area contributed by atoms with E-state index in [1.165, 1.54) is 11.3 Å². The molecule has 122 valence electrons. The van der Waals surface area contributed by atoms with Crippen LogP contribution < -0.4 is 0 Å². The van der Waals surface area contributed by atoms with Gasteiger partial charge in [0.15, 0.2) is 0 Å². The molecule has 0 saturated carbocycles. The van der Waals surface area contributed by atoms with Crippen LogP contribution in [0.15, 0.2) is 0 Å². The summed E-state index contributed by atoms with van der Waals surface area (Å²) in [4.78, 5) is 27.1. The van der Waals surface area contributed by atoms with Gasteiger partial charge >= 0.3 is 0 Å². The second-order valence-electron chi connectivity index (χ2n) is 6.45. The number of nitrogens with zero attached hydrogens (tertiary/aromatic N) is 2. The van der Waals surface area contributed by atoms with Gasteiger partial charge in [-0.2, -0.15) is 0 Å². The molecule has 0 aliphatic carbocycles. The molecule has 0 aromatic carbocycles. The molecule has 0 aromatic rings. The summed E-state index contributed by atoms with van der Waals surface area (Å²) < 4.78 is 5.73. The Labute approximate surface area is 128 Å². The minimum absolute atomic E-state index is 0.00472. The van der Waals surface area contributed by atoms with Crippen LogP contribution in [0, 0.1) is 5.92 Å². The van der Waals surface area contributed by atoms with E-state index in [1.54, 1.807) is 14.1 Å². The highest BCUT2D eigenvalue weighted by molar-refractivity contribution is 5.83. The van der Waals surface area contributed by atoms with Gasteiger partial charge in [0.05, 0.1) is 12.7 Å². The number of hydrogen-bond donors (Lipinski definition) is 0. The predicted molar refractivity (Wildman–Crippen MR) is 82.9 cm³/mol. The normalized spacial score (nSPS) is 18.9. The second kappa shape index (κ2) is 9.03. The number of carbonyl (C=O) groups is 2. The van der Waals surface area contributed by atoms with Gasteiger partial charge in [-0.05, 0) is 12.3 Å². The molecule has 1 heterocycles. The van der Waals surface area contributed by atoms with E-state index in [-0.39, 0.29) is 17.9 Å². The molecule has 1 saturated heterocycles. The van der Waals surface area contributed by atoms with Crippen LogP contribution in [0.4, 0.5) is 0 Å². The first-order chi connectivity index (χ1) is 9.90. The number of ether oxygens (including phenoxy) is 1. The summed E-state index contributed by atoms with van der Waals surface area (Å²) >= 11 is 0. The summed E-state index contributed by atoms with van der Waals surface area (Å²) in [7, 11) is 3.43. The lowest BCUT2D eigenvalue weighted by Crippen LogP contribution is -2.45. The van der Waals surface area contributed by atoms with Gasteiger partial charge in [-0.1, -0.05) is 26.7 Å². The van der Waals surface area contributed by atoms with Crippen LogP contribution in [0.2, 0.25) is 0 Å². The second-order valence-corrected chi connectivity index (χ2v) is 6.45. The highest BCUT2D eigenvalue weighted by atomic mass is 16.5. The topological polar surface area (TPSA) is 49.9 Å². The molecule has 1 fully saturated rings. The lowest BCUT2D eigenvalue weighted by Gasteiger charge is -2.33. The molecule has 5 heteroatoms. The van der Waals surface area contributed by atoms with E-state index in [0.717, 1.165) is 12.8 Å². The molecule has 5 nitrogen and oxygen atoms in total. The van der Waals surface area contributed by atoms with E-state index in [1.807, 2.05) is 4.90 Å². The third-order valence-corrected chi connectivity index (χ3v) is 3.85. The Balaban J connectivity index is 2.30. The zero-order valence-corrected chi connectivity index (χ0v) is 13.9. The Bertz CT molecular complexity index is 342. The molecule has 0 radical (unpaired) electrons. The van der Waals surface area contributed by atoms with Crippen molar-refractivity contribution in [2.24, 2.45) is 5.92 Å². The van der Waals surface area contributed by atoms with Crippen molar-refractivity contribution in [1.29, 1.82) is 0 Å². The first kappa shape index (κ1) is 18.0. The summed E-state index contributed by atoms with van der Waals surface area (Å²) in [5.74, 6) is 0.788. The van der Waals surface area contributed by atoms with Gasteiger partial charge in [-0.15, -0.1) is 0 Å². The fourth-order valence-electron chi connectivity index (χ4n) is 2.47. The summed E-state index contributed by atoms with van der Waals surface area (Å²) in [5.41, 5.74) is 0. The van der Waals surface area contributed by atoms with E-state index in [4.69, 9.17) is 4.74 Å². The summed E-state index contributed by atoms with van der Waals surface area (Å²) in [6.07, 6.45) is 4.11. The third-order valence-electron chi connectivity index (χ3n) is 3.85. The van der Waals surface area contributed by atoms with Gasteiger partial charge in [-0.3, -0.25) is 9.59 Å². The molecule has 1 rings (SSSR count). The van der Waals surface area contributed by atoms with Crippen LogP contribution in [0.1, 0.15) is 46.0 Å². The van der Waals surface area contributed by atoms with Gasteiger partial charge in [-0.25, -0.2) is 0 Å². The fraction of sp³-hybridized carbons (Fsp3) is 0.875. The predicted octanol–water partition coefficient (Wildman–Crippen LogP) is 1.91. The molecule has 21 heavy (non-hydrogen) atoms. The number of hydrogen-bond acceptors (Lipinski definition) is 3. The van der Waals surface area contributed by atoms with Crippen LogP contribution in [-0.2, 0) is 14.3 Å². The highest BCUT2D eigenvalue weighted by Gasteiger charge is 2.24.